The first-order chi connectivity index (χ1) is 16.9. The van der Waals surface area contributed by atoms with E-state index in [1.54, 1.807) is 0 Å². The lowest BCUT2D eigenvalue weighted by molar-refractivity contribution is -0.137. The molecule has 2 aliphatic heterocycles. The van der Waals surface area contributed by atoms with Crippen LogP contribution in [0.1, 0.15) is 30.4 Å². The minimum atomic E-state index is -4.41. The van der Waals surface area contributed by atoms with Crippen LogP contribution in [0.3, 0.4) is 0 Å². The Morgan fingerprint density at radius 1 is 1.03 bits per heavy atom. The van der Waals surface area contributed by atoms with E-state index >= 15 is 0 Å². The first kappa shape index (κ1) is 23.5. The summed E-state index contributed by atoms with van der Waals surface area (Å²) in [6, 6.07) is 9.37. The van der Waals surface area contributed by atoms with Gasteiger partial charge in [-0.25, -0.2) is 0 Å². The van der Waals surface area contributed by atoms with Gasteiger partial charge in [0.15, 0.2) is 11.4 Å². The number of amides is 1. The van der Waals surface area contributed by atoms with Crippen LogP contribution in [-0.4, -0.2) is 55.3 Å². The van der Waals surface area contributed by atoms with Crippen molar-refractivity contribution in [3.63, 3.8) is 0 Å². The number of aromatic nitrogens is 1. The van der Waals surface area contributed by atoms with Crippen molar-refractivity contribution >= 4 is 28.4 Å². The number of benzene rings is 2. The highest BCUT2D eigenvalue weighted by Gasteiger charge is 2.32. The van der Waals surface area contributed by atoms with Crippen LogP contribution in [0.25, 0.3) is 11.0 Å². The van der Waals surface area contributed by atoms with Crippen molar-refractivity contribution in [2.75, 3.05) is 49.5 Å². The van der Waals surface area contributed by atoms with Crippen LogP contribution in [0.15, 0.2) is 40.9 Å². The number of piperazine rings is 1. The number of unbranched alkanes of at least 4 members (excludes halogenated alkanes) is 1. The largest absolute Gasteiger partial charge is 0.494 e. The molecule has 0 radical (unpaired) electrons. The Morgan fingerprint density at radius 3 is 2.66 bits per heavy atom. The number of halogens is 3. The van der Waals surface area contributed by atoms with Gasteiger partial charge in [0.25, 0.3) is 0 Å². The molecule has 0 saturated carbocycles. The molecule has 0 bridgehead atoms. The van der Waals surface area contributed by atoms with Gasteiger partial charge in [0.2, 0.25) is 5.91 Å². The van der Waals surface area contributed by atoms with E-state index in [9.17, 15) is 18.0 Å². The molecule has 0 unspecified atom stereocenters. The second-order valence-corrected chi connectivity index (χ2v) is 8.97. The minimum Gasteiger partial charge on any atom is -0.494 e. The van der Waals surface area contributed by atoms with Crippen LogP contribution in [0.5, 0.6) is 5.75 Å². The predicted octanol–water partition coefficient (Wildman–Crippen LogP) is 4.71. The van der Waals surface area contributed by atoms with Gasteiger partial charge in [0, 0.05) is 44.4 Å². The summed E-state index contributed by atoms with van der Waals surface area (Å²) in [5, 5.41) is 7.53. The zero-order valence-corrected chi connectivity index (χ0v) is 19.2. The summed E-state index contributed by atoms with van der Waals surface area (Å²) >= 11 is 0. The maximum Gasteiger partial charge on any atom is 0.416 e. The van der Waals surface area contributed by atoms with Crippen LogP contribution in [0, 0.1) is 0 Å². The van der Waals surface area contributed by atoms with E-state index in [0.29, 0.717) is 24.2 Å². The van der Waals surface area contributed by atoms with Gasteiger partial charge in [-0.3, -0.25) is 9.69 Å². The molecule has 3 aromatic rings. The van der Waals surface area contributed by atoms with Gasteiger partial charge in [0.05, 0.1) is 17.6 Å². The molecule has 0 spiro atoms. The number of fused-ring (bicyclic) bond motifs is 2. The van der Waals surface area contributed by atoms with Gasteiger partial charge in [-0.15, -0.1) is 0 Å². The van der Waals surface area contributed by atoms with Crippen LogP contribution >= 0.6 is 0 Å². The van der Waals surface area contributed by atoms with Gasteiger partial charge in [-0.2, -0.15) is 13.2 Å². The smallest absolute Gasteiger partial charge is 0.416 e. The van der Waals surface area contributed by atoms with Crippen LogP contribution < -0.4 is 15.0 Å². The summed E-state index contributed by atoms with van der Waals surface area (Å²) in [4.78, 5) is 16.0. The van der Waals surface area contributed by atoms with Crippen molar-refractivity contribution < 1.29 is 27.2 Å². The van der Waals surface area contributed by atoms with Crippen LogP contribution in [0.2, 0.25) is 0 Å². The van der Waals surface area contributed by atoms with Crippen molar-refractivity contribution in [2.45, 2.75) is 31.9 Å². The van der Waals surface area contributed by atoms with Gasteiger partial charge < -0.3 is 19.5 Å². The molecule has 2 aliphatic rings. The number of carbonyl (C=O) groups excluding carboxylic acids is 1. The Balaban J connectivity index is 1.05. The number of hydrogen-bond donors (Lipinski definition) is 1. The molecule has 0 aliphatic carbocycles. The maximum absolute atomic E-state index is 12.9. The molecule has 1 aromatic heterocycles. The Bertz CT molecular complexity index is 1200. The van der Waals surface area contributed by atoms with Gasteiger partial charge in [-0.1, -0.05) is 11.2 Å². The number of ether oxygens (including phenoxy) is 1. The minimum absolute atomic E-state index is 0.0436. The number of nitrogens with zero attached hydrogens (tertiary/aromatic N) is 3. The molecule has 1 N–H and O–H groups in total. The molecule has 1 saturated heterocycles. The molecule has 1 fully saturated rings. The van der Waals surface area contributed by atoms with Gasteiger partial charge >= 0.3 is 6.18 Å². The fourth-order valence-electron chi connectivity index (χ4n) is 4.58. The Morgan fingerprint density at radius 2 is 1.86 bits per heavy atom. The van der Waals surface area contributed by atoms with Gasteiger partial charge in [0.1, 0.15) is 5.75 Å². The fraction of sp³-hybridized carbons (Fsp3) is 0.440. The highest BCUT2D eigenvalue weighted by atomic mass is 19.4. The third kappa shape index (κ3) is 5.37. The molecule has 2 aromatic carbocycles. The SMILES string of the molecule is O=C1CCc2ccc(OCCCCN3CCN(c4noc5cc(C(F)(F)F)ccc45)CC3)cc2N1. The Kier molecular flexibility index (Phi) is 6.55. The normalized spacial score (nSPS) is 16.9. The number of hydrogen-bond acceptors (Lipinski definition) is 6. The zero-order valence-electron chi connectivity index (χ0n) is 19.2. The van der Waals surface area contributed by atoms with E-state index < -0.39 is 11.7 Å². The molecule has 0 atom stereocenters. The third-order valence-corrected chi connectivity index (χ3v) is 6.57. The number of carbonyl (C=O) groups is 1. The van der Waals surface area contributed by atoms with Gasteiger partial charge in [-0.05, 0) is 55.6 Å². The molecule has 7 nitrogen and oxygen atoms in total. The number of anilines is 2. The first-order valence-electron chi connectivity index (χ1n) is 11.9. The molecular formula is C25H27F3N4O3. The molecule has 5 rings (SSSR count). The monoisotopic (exact) mass is 488 g/mol. The van der Waals surface area contributed by atoms with E-state index in [1.807, 2.05) is 18.2 Å². The molecule has 3 heterocycles. The summed E-state index contributed by atoms with van der Waals surface area (Å²) in [5.41, 5.74) is 1.40. The summed E-state index contributed by atoms with van der Waals surface area (Å²) in [6.45, 7) is 4.73. The third-order valence-electron chi connectivity index (χ3n) is 6.57. The highest BCUT2D eigenvalue weighted by Crippen LogP contribution is 2.34. The summed E-state index contributed by atoms with van der Waals surface area (Å²) in [7, 11) is 0. The molecule has 186 valence electrons. The average Bonchev–Trinajstić information content (AvgIpc) is 3.27. The lowest BCUT2D eigenvalue weighted by atomic mass is 10.0. The highest BCUT2D eigenvalue weighted by molar-refractivity contribution is 5.94. The number of aryl methyl sites for hydroxylation is 1. The average molecular weight is 489 g/mol. The number of rotatable bonds is 7. The Hall–Kier alpha value is -3.27. The van der Waals surface area contributed by atoms with Crippen LogP contribution in [0.4, 0.5) is 24.7 Å². The summed E-state index contributed by atoms with van der Waals surface area (Å²) < 4.78 is 49.8. The lowest BCUT2D eigenvalue weighted by Crippen LogP contribution is -2.46. The fourth-order valence-corrected chi connectivity index (χ4v) is 4.58. The molecular weight excluding hydrogens is 461 g/mol. The van der Waals surface area contributed by atoms with E-state index in [0.717, 1.165) is 81.1 Å². The van der Waals surface area contributed by atoms with E-state index in [1.165, 1.54) is 6.07 Å². The quantitative estimate of drug-likeness (QED) is 0.486. The predicted molar refractivity (Wildman–Crippen MR) is 126 cm³/mol. The standard InChI is InChI=1S/C25H27F3N4O3/c26-25(27,28)18-5-7-20-22(15-18)35-30-24(20)32-12-10-31(11-13-32)9-1-2-14-34-19-6-3-17-4-8-23(33)29-21(17)16-19/h3,5-7,15-16H,1-2,4,8-14H2,(H,29,33). The Labute approximate surface area is 200 Å². The van der Waals surface area contributed by atoms with Crippen LogP contribution in [-0.2, 0) is 17.4 Å². The van der Waals surface area contributed by atoms with Crippen molar-refractivity contribution in [1.82, 2.24) is 10.1 Å². The van der Waals surface area contributed by atoms with E-state index in [-0.39, 0.29) is 11.5 Å². The van der Waals surface area contributed by atoms with Crippen molar-refractivity contribution in [3.8, 4) is 5.75 Å². The summed E-state index contributed by atoms with van der Waals surface area (Å²) in [6.07, 6.45) is -1.20. The van der Waals surface area contributed by atoms with Crippen molar-refractivity contribution in [2.24, 2.45) is 0 Å². The van der Waals surface area contributed by atoms with Crippen molar-refractivity contribution in [1.29, 1.82) is 0 Å². The van der Waals surface area contributed by atoms with E-state index in [2.05, 4.69) is 20.3 Å². The summed E-state index contributed by atoms with van der Waals surface area (Å²) in [5.74, 6) is 1.41. The zero-order chi connectivity index (χ0) is 24.4. The lowest BCUT2D eigenvalue weighted by Gasteiger charge is -2.34. The number of alkyl halides is 3. The second-order valence-electron chi connectivity index (χ2n) is 8.97. The van der Waals surface area contributed by atoms with E-state index in [4.69, 9.17) is 9.26 Å². The topological polar surface area (TPSA) is 70.8 Å². The molecule has 10 heteroatoms. The second kappa shape index (κ2) is 9.77. The number of nitrogens with one attached hydrogen (secondary N) is 1. The first-order valence-corrected chi connectivity index (χ1v) is 11.9. The molecule has 35 heavy (non-hydrogen) atoms. The molecule has 1 amide bonds. The maximum atomic E-state index is 12.9. The van der Waals surface area contributed by atoms with Crippen molar-refractivity contribution in [3.05, 3.63) is 47.5 Å².